The van der Waals surface area contributed by atoms with Crippen LogP contribution in [0, 0.1) is 0 Å². The van der Waals surface area contributed by atoms with Gasteiger partial charge >= 0.3 is 6.18 Å². The van der Waals surface area contributed by atoms with E-state index in [-0.39, 0.29) is 18.9 Å². The number of amides is 1. The summed E-state index contributed by atoms with van der Waals surface area (Å²) in [4.78, 5) is 18.5. The second-order valence-electron chi connectivity index (χ2n) is 6.31. The number of anilines is 1. The minimum atomic E-state index is -4.45. The highest BCUT2D eigenvalue weighted by molar-refractivity contribution is 5.77. The Hall–Kier alpha value is -2.77. The first kappa shape index (κ1) is 19.0. The number of hydrogen-bond acceptors (Lipinski definition) is 4. The summed E-state index contributed by atoms with van der Waals surface area (Å²) < 4.78 is 43.1. The highest BCUT2D eigenvalue weighted by Gasteiger charge is 2.30. The molecule has 0 atom stereocenters. The quantitative estimate of drug-likeness (QED) is 0.836. The molecular weight excluding hydrogens is 359 g/mol. The molecule has 5 nitrogen and oxygen atoms in total. The normalized spacial score (nSPS) is 14.3. The molecule has 0 saturated carbocycles. The molecule has 1 aliphatic rings. The van der Waals surface area contributed by atoms with Crippen molar-refractivity contribution in [1.29, 1.82) is 0 Å². The number of ether oxygens (including phenoxy) is 1. The van der Waals surface area contributed by atoms with E-state index in [0.29, 0.717) is 0 Å². The number of halogens is 3. The van der Waals surface area contributed by atoms with E-state index in [2.05, 4.69) is 15.2 Å². The van der Waals surface area contributed by atoms with Gasteiger partial charge in [-0.3, -0.25) is 4.79 Å². The fraction of sp³-hybridized carbons (Fsp3) is 0.368. The molecule has 2 aromatic rings. The van der Waals surface area contributed by atoms with E-state index >= 15 is 0 Å². The van der Waals surface area contributed by atoms with E-state index in [9.17, 15) is 18.0 Å². The molecule has 0 bridgehead atoms. The summed E-state index contributed by atoms with van der Waals surface area (Å²) in [7, 11) is 0. The van der Waals surface area contributed by atoms with Crippen molar-refractivity contribution < 1.29 is 22.7 Å². The summed E-state index contributed by atoms with van der Waals surface area (Å²) >= 11 is 0. The van der Waals surface area contributed by atoms with Gasteiger partial charge in [-0.1, -0.05) is 12.1 Å². The molecule has 1 N–H and O–H groups in total. The van der Waals surface area contributed by atoms with Crippen molar-refractivity contribution >= 4 is 11.7 Å². The summed E-state index contributed by atoms with van der Waals surface area (Å²) in [6.07, 6.45) is -0.395. The summed E-state index contributed by atoms with van der Waals surface area (Å²) in [6, 6.07) is 8.26. The molecule has 1 aliphatic heterocycles. The number of aromatic nitrogens is 1. The van der Waals surface area contributed by atoms with Crippen molar-refractivity contribution in [3.8, 4) is 5.75 Å². The van der Waals surface area contributed by atoms with Gasteiger partial charge in [-0.25, -0.2) is 4.98 Å². The molecular formula is C19H20F3N3O2. The first-order chi connectivity index (χ1) is 12.9. The standard InChI is InChI=1S/C19H20F3N3O2/c20-19(21,22)15-4-3-5-16(10-15)27-13-18(26)24-12-14-6-7-17(23-11-14)25-8-1-2-9-25/h3-7,10-11H,1-2,8-9,12-13H2,(H,24,26). The van der Waals surface area contributed by atoms with Crippen molar-refractivity contribution in [2.75, 3.05) is 24.6 Å². The molecule has 8 heteroatoms. The van der Waals surface area contributed by atoms with Crippen LogP contribution in [0.3, 0.4) is 0 Å². The van der Waals surface area contributed by atoms with Crippen LogP contribution >= 0.6 is 0 Å². The number of alkyl halides is 3. The van der Waals surface area contributed by atoms with Crippen LogP contribution in [-0.4, -0.2) is 30.6 Å². The molecule has 3 rings (SSSR count). The number of rotatable bonds is 6. The Morgan fingerprint density at radius 3 is 2.63 bits per heavy atom. The lowest BCUT2D eigenvalue weighted by atomic mass is 10.2. The van der Waals surface area contributed by atoms with Crippen molar-refractivity contribution in [3.63, 3.8) is 0 Å². The van der Waals surface area contributed by atoms with Gasteiger partial charge in [0.2, 0.25) is 0 Å². The predicted molar refractivity (Wildman–Crippen MR) is 94.5 cm³/mol. The first-order valence-electron chi connectivity index (χ1n) is 8.68. The monoisotopic (exact) mass is 379 g/mol. The Kier molecular flexibility index (Phi) is 5.83. The molecule has 0 aliphatic carbocycles. The van der Waals surface area contributed by atoms with Crippen LogP contribution in [0.25, 0.3) is 0 Å². The number of carbonyl (C=O) groups is 1. The molecule has 0 radical (unpaired) electrons. The molecule has 0 unspecified atom stereocenters. The summed E-state index contributed by atoms with van der Waals surface area (Å²) in [5, 5.41) is 2.66. The second kappa shape index (κ2) is 8.28. The second-order valence-corrected chi connectivity index (χ2v) is 6.31. The predicted octanol–water partition coefficient (Wildman–Crippen LogP) is 3.40. The first-order valence-corrected chi connectivity index (χ1v) is 8.68. The van der Waals surface area contributed by atoms with E-state index in [1.165, 1.54) is 25.0 Å². The summed E-state index contributed by atoms with van der Waals surface area (Å²) in [5.41, 5.74) is 0.0231. The fourth-order valence-electron chi connectivity index (χ4n) is 2.82. The summed E-state index contributed by atoms with van der Waals surface area (Å²) in [6.45, 7) is 1.94. The van der Waals surface area contributed by atoms with E-state index in [0.717, 1.165) is 36.6 Å². The zero-order valence-corrected chi connectivity index (χ0v) is 14.6. The third-order valence-corrected chi connectivity index (χ3v) is 4.26. The van der Waals surface area contributed by atoms with Crippen molar-refractivity contribution in [2.45, 2.75) is 25.6 Å². The van der Waals surface area contributed by atoms with E-state index < -0.39 is 17.6 Å². The van der Waals surface area contributed by atoms with Gasteiger partial charge in [0.15, 0.2) is 6.61 Å². The van der Waals surface area contributed by atoms with Crippen LogP contribution in [0.2, 0.25) is 0 Å². The minimum Gasteiger partial charge on any atom is -0.484 e. The van der Waals surface area contributed by atoms with Crippen LogP contribution in [0.15, 0.2) is 42.6 Å². The number of carbonyl (C=O) groups excluding carboxylic acids is 1. The van der Waals surface area contributed by atoms with Gasteiger partial charge in [-0.05, 0) is 42.7 Å². The molecule has 144 valence electrons. The Morgan fingerprint density at radius 1 is 1.19 bits per heavy atom. The zero-order chi connectivity index (χ0) is 19.3. The van der Waals surface area contributed by atoms with E-state index in [1.54, 1.807) is 6.20 Å². The third-order valence-electron chi connectivity index (χ3n) is 4.26. The van der Waals surface area contributed by atoms with Gasteiger partial charge in [-0.15, -0.1) is 0 Å². The zero-order valence-electron chi connectivity index (χ0n) is 14.6. The summed E-state index contributed by atoms with van der Waals surface area (Å²) in [5.74, 6) is 0.503. The van der Waals surface area contributed by atoms with Crippen LogP contribution in [0.5, 0.6) is 5.75 Å². The molecule has 1 fully saturated rings. The highest BCUT2D eigenvalue weighted by Crippen LogP contribution is 2.31. The lowest BCUT2D eigenvalue weighted by molar-refractivity contribution is -0.137. The molecule has 1 aromatic heterocycles. The van der Waals surface area contributed by atoms with Gasteiger partial charge in [0.05, 0.1) is 5.56 Å². The van der Waals surface area contributed by atoms with Crippen molar-refractivity contribution in [2.24, 2.45) is 0 Å². The molecule has 0 spiro atoms. The van der Waals surface area contributed by atoms with Crippen molar-refractivity contribution in [1.82, 2.24) is 10.3 Å². The Morgan fingerprint density at radius 2 is 1.96 bits per heavy atom. The van der Waals surface area contributed by atoms with Crippen LogP contribution < -0.4 is 15.0 Å². The molecule has 1 aromatic carbocycles. The topological polar surface area (TPSA) is 54.5 Å². The van der Waals surface area contributed by atoms with Gasteiger partial charge in [0.25, 0.3) is 5.91 Å². The lowest BCUT2D eigenvalue weighted by Crippen LogP contribution is -2.28. The van der Waals surface area contributed by atoms with E-state index in [1.807, 2.05) is 12.1 Å². The molecule has 2 heterocycles. The SMILES string of the molecule is O=C(COc1cccc(C(F)(F)F)c1)NCc1ccc(N2CCCC2)nc1. The highest BCUT2D eigenvalue weighted by atomic mass is 19.4. The molecule has 27 heavy (non-hydrogen) atoms. The molecule has 1 amide bonds. The van der Waals surface area contributed by atoms with Gasteiger partial charge < -0.3 is 15.0 Å². The minimum absolute atomic E-state index is 0.00314. The average Bonchev–Trinajstić information content (AvgIpc) is 3.19. The molecule has 1 saturated heterocycles. The number of hydrogen-bond donors (Lipinski definition) is 1. The van der Waals surface area contributed by atoms with E-state index in [4.69, 9.17) is 4.74 Å². The average molecular weight is 379 g/mol. The van der Waals surface area contributed by atoms with Gasteiger partial charge in [0.1, 0.15) is 11.6 Å². The fourth-order valence-corrected chi connectivity index (χ4v) is 2.82. The Labute approximate surface area is 155 Å². The smallest absolute Gasteiger partial charge is 0.416 e. The van der Waals surface area contributed by atoms with Crippen LogP contribution in [0.1, 0.15) is 24.0 Å². The number of benzene rings is 1. The number of nitrogens with zero attached hydrogens (tertiary/aromatic N) is 2. The maximum absolute atomic E-state index is 12.7. The van der Waals surface area contributed by atoms with Crippen molar-refractivity contribution in [3.05, 3.63) is 53.7 Å². The van der Waals surface area contributed by atoms with Gasteiger partial charge in [-0.2, -0.15) is 13.2 Å². The van der Waals surface area contributed by atoms with Crippen LogP contribution in [0.4, 0.5) is 19.0 Å². The Bertz CT molecular complexity index is 773. The largest absolute Gasteiger partial charge is 0.484 e. The number of pyridine rings is 1. The third kappa shape index (κ3) is 5.35. The Balaban J connectivity index is 1.46. The maximum atomic E-state index is 12.7. The maximum Gasteiger partial charge on any atom is 0.416 e. The van der Waals surface area contributed by atoms with Crippen LogP contribution in [-0.2, 0) is 17.5 Å². The lowest BCUT2D eigenvalue weighted by Gasteiger charge is -2.16. The number of nitrogens with one attached hydrogen (secondary N) is 1. The van der Waals surface area contributed by atoms with Gasteiger partial charge in [0, 0.05) is 25.8 Å².